The standard InChI is InChI=1S/C9H11NO2/c1-5-4-8(11)7(3)9(10-12)6(5)2/h4,11H,1-3H3. The highest BCUT2D eigenvalue weighted by molar-refractivity contribution is 5.60. The van der Waals surface area contributed by atoms with Gasteiger partial charge in [0.1, 0.15) is 11.4 Å². The van der Waals surface area contributed by atoms with Gasteiger partial charge in [-0.25, -0.2) is 0 Å². The van der Waals surface area contributed by atoms with Crippen LogP contribution in [0.15, 0.2) is 11.2 Å². The van der Waals surface area contributed by atoms with E-state index in [1.54, 1.807) is 13.0 Å². The number of phenolic OH excluding ortho intramolecular Hbond substituents is 1. The summed E-state index contributed by atoms with van der Waals surface area (Å²) < 4.78 is 0. The van der Waals surface area contributed by atoms with Gasteiger partial charge >= 0.3 is 0 Å². The number of nitroso groups, excluding NO2 is 1. The van der Waals surface area contributed by atoms with Crippen LogP contribution in [0, 0.1) is 25.7 Å². The first-order valence-electron chi connectivity index (χ1n) is 3.71. The third-order valence-corrected chi connectivity index (χ3v) is 2.13. The fourth-order valence-corrected chi connectivity index (χ4v) is 1.15. The molecule has 0 radical (unpaired) electrons. The van der Waals surface area contributed by atoms with Gasteiger partial charge in [-0.3, -0.25) is 0 Å². The molecule has 0 heterocycles. The predicted octanol–water partition coefficient (Wildman–Crippen LogP) is 2.72. The van der Waals surface area contributed by atoms with E-state index in [0.29, 0.717) is 11.3 Å². The molecule has 1 aromatic carbocycles. The fraction of sp³-hybridized carbons (Fsp3) is 0.333. The molecule has 0 aliphatic heterocycles. The second kappa shape index (κ2) is 2.93. The molecule has 0 atom stereocenters. The zero-order valence-corrected chi connectivity index (χ0v) is 7.38. The molecule has 3 nitrogen and oxygen atoms in total. The van der Waals surface area contributed by atoms with Crippen molar-refractivity contribution in [1.82, 2.24) is 0 Å². The highest BCUT2D eigenvalue weighted by atomic mass is 16.3. The molecule has 0 aliphatic carbocycles. The molecule has 0 spiro atoms. The Morgan fingerprint density at radius 2 is 1.83 bits per heavy atom. The molecule has 1 N–H and O–H groups in total. The summed E-state index contributed by atoms with van der Waals surface area (Å²) >= 11 is 0. The molecule has 0 saturated heterocycles. The molecule has 64 valence electrons. The average molecular weight is 165 g/mol. The minimum absolute atomic E-state index is 0.132. The molecule has 1 rings (SSSR count). The van der Waals surface area contributed by atoms with E-state index in [1.807, 2.05) is 13.8 Å². The van der Waals surface area contributed by atoms with Crippen LogP contribution in [0.4, 0.5) is 5.69 Å². The van der Waals surface area contributed by atoms with Crippen LogP contribution in [0.5, 0.6) is 5.75 Å². The Labute approximate surface area is 71.0 Å². The van der Waals surface area contributed by atoms with Crippen molar-refractivity contribution in [3.05, 3.63) is 27.7 Å². The number of hydrogen-bond acceptors (Lipinski definition) is 3. The minimum atomic E-state index is 0.132. The minimum Gasteiger partial charge on any atom is -0.508 e. The van der Waals surface area contributed by atoms with E-state index >= 15 is 0 Å². The molecule has 0 aliphatic rings. The predicted molar refractivity (Wildman–Crippen MR) is 47.8 cm³/mol. The number of aromatic hydroxyl groups is 1. The summed E-state index contributed by atoms with van der Waals surface area (Å²) in [5, 5.41) is 12.2. The third-order valence-electron chi connectivity index (χ3n) is 2.13. The molecular formula is C9H11NO2. The highest BCUT2D eigenvalue weighted by Crippen LogP contribution is 2.32. The van der Waals surface area contributed by atoms with Crippen LogP contribution in [0.1, 0.15) is 16.7 Å². The summed E-state index contributed by atoms with van der Waals surface area (Å²) in [4.78, 5) is 10.4. The summed E-state index contributed by atoms with van der Waals surface area (Å²) in [6.07, 6.45) is 0. The number of nitrogens with zero attached hydrogens (tertiary/aromatic N) is 1. The molecular weight excluding hydrogens is 154 g/mol. The largest absolute Gasteiger partial charge is 0.508 e. The SMILES string of the molecule is Cc1cc(O)c(C)c(N=O)c1C. The maximum Gasteiger partial charge on any atom is 0.121 e. The van der Waals surface area contributed by atoms with Gasteiger partial charge in [0, 0.05) is 5.56 Å². The normalized spacial score (nSPS) is 9.92. The summed E-state index contributed by atoms with van der Waals surface area (Å²) in [5.41, 5.74) is 2.62. The van der Waals surface area contributed by atoms with Crippen LogP contribution in [-0.2, 0) is 0 Å². The molecule has 0 fully saturated rings. The van der Waals surface area contributed by atoms with Crippen molar-refractivity contribution in [3.8, 4) is 5.75 Å². The van der Waals surface area contributed by atoms with Gasteiger partial charge in [-0.2, -0.15) is 0 Å². The summed E-state index contributed by atoms with van der Waals surface area (Å²) in [6, 6.07) is 1.64. The molecule has 1 aromatic rings. The Morgan fingerprint density at radius 3 is 2.33 bits per heavy atom. The van der Waals surface area contributed by atoms with Crippen molar-refractivity contribution in [2.75, 3.05) is 0 Å². The van der Waals surface area contributed by atoms with Gasteiger partial charge in [-0.15, -0.1) is 4.91 Å². The van der Waals surface area contributed by atoms with Crippen LogP contribution in [-0.4, -0.2) is 5.11 Å². The van der Waals surface area contributed by atoms with Crippen molar-refractivity contribution in [3.63, 3.8) is 0 Å². The van der Waals surface area contributed by atoms with E-state index in [1.165, 1.54) is 0 Å². The van der Waals surface area contributed by atoms with Crippen molar-refractivity contribution >= 4 is 5.69 Å². The maximum atomic E-state index is 10.4. The van der Waals surface area contributed by atoms with Crippen molar-refractivity contribution in [1.29, 1.82) is 0 Å². The lowest BCUT2D eigenvalue weighted by molar-refractivity contribution is 0.470. The smallest absolute Gasteiger partial charge is 0.121 e. The zero-order chi connectivity index (χ0) is 9.30. The van der Waals surface area contributed by atoms with Gasteiger partial charge in [-0.05, 0) is 43.1 Å². The van der Waals surface area contributed by atoms with Crippen LogP contribution < -0.4 is 0 Å². The quantitative estimate of drug-likeness (QED) is 0.650. The lowest BCUT2D eigenvalue weighted by atomic mass is 10.0. The Balaban J connectivity index is 3.52. The molecule has 0 aromatic heterocycles. The van der Waals surface area contributed by atoms with E-state index in [-0.39, 0.29) is 5.75 Å². The first-order chi connectivity index (χ1) is 5.57. The number of aryl methyl sites for hydroxylation is 1. The summed E-state index contributed by atoms with van der Waals surface area (Å²) in [5.74, 6) is 0.132. The van der Waals surface area contributed by atoms with E-state index in [0.717, 1.165) is 11.1 Å². The van der Waals surface area contributed by atoms with Gasteiger partial charge in [0.2, 0.25) is 0 Å². The van der Waals surface area contributed by atoms with Gasteiger partial charge in [-0.1, -0.05) is 0 Å². The van der Waals surface area contributed by atoms with Gasteiger partial charge in [0.15, 0.2) is 0 Å². The maximum absolute atomic E-state index is 10.4. The number of phenols is 1. The van der Waals surface area contributed by atoms with Crippen LogP contribution in [0.3, 0.4) is 0 Å². The van der Waals surface area contributed by atoms with Gasteiger partial charge < -0.3 is 5.11 Å². The second-order valence-corrected chi connectivity index (χ2v) is 2.90. The van der Waals surface area contributed by atoms with Crippen molar-refractivity contribution < 1.29 is 5.11 Å². The van der Waals surface area contributed by atoms with Crippen LogP contribution >= 0.6 is 0 Å². The Morgan fingerprint density at radius 1 is 1.25 bits per heavy atom. The van der Waals surface area contributed by atoms with Crippen molar-refractivity contribution in [2.24, 2.45) is 5.18 Å². The molecule has 3 heteroatoms. The number of rotatable bonds is 1. The summed E-state index contributed by atoms with van der Waals surface area (Å²) in [6.45, 7) is 5.33. The average Bonchev–Trinajstić information content (AvgIpc) is 2.02. The summed E-state index contributed by atoms with van der Waals surface area (Å²) in [7, 11) is 0. The van der Waals surface area contributed by atoms with E-state index in [2.05, 4.69) is 5.18 Å². The zero-order valence-electron chi connectivity index (χ0n) is 7.38. The molecule has 0 amide bonds. The number of hydrogen-bond donors (Lipinski definition) is 1. The first kappa shape index (κ1) is 8.71. The molecule has 0 bridgehead atoms. The van der Waals surface area contributed by atoms with Crippen LogP contribution in [0.25, 0.3) is 0 Å². The first-order valence-corrected chi connectivity index (χ1v) is 3.71. The monoisotopic (exact) mass is 165 g/mol. The van der Waals surface area contributed by atoms with Gasteiger partial charge in [0.25, 0.3) is 0 Å². The lowest BCUT2D eigenvalue weighted by Crippen LogP contribution is -1.85. The van der Waals surface area contributed by atoms with E-state index in [9.17, 15) is 10.0 Å². The number of benzene rings is 1. The Kier molecular flexibility index (Phi) is 2.13. The van der Waals surface area contributed by atoms with Gasteiger partial charge in [0.05, 0.1) is 0 Å². The fourth-order valence-electron chi connectivity index (χ4n) is 1.15. The van der Waals surface area contributed by atoms with E-state index < -0.39 is 0 Å². The topological polar surface area (TPSA) is 49.7 Å². The Hall–Kier alpha value is -1.38. The van der Waals surface area contributed by atoms with E-state index in [4.69, 9.17) is 0 Å². The molecule has 0 unspecified atom stereocenters. The molecule has 12 heavy (non-hydrogen) atoms. The Bertz CT molecular complexity index is 306. The third kappa shape index (κ3) is 1.18. The highest BCUT2D eigenvalue weighted by Gasteiger charge is 2.09. The second-order valence-electron chi connectivity index (χ2n) is 2.90. The van der Waals surface area contributed by atoms with Crippen LogP contribution in [0.2, 0.25) is 0 Å². The lowest BCUT2D eigenvalue weighted by Gasteiger charge is -2.06. The molecule has 0 saturated carbocycles. The van der Waals surface area contributed by atoms with Crippen molar-refractivity contribution in [2.45, 2.75) is 20.8 Å².